The third-order valence-corrected chi connectivity index (χ3v) is 6.33. The average molecular weight is 464 g/mol. The molecule has 2 heterocycles. The number of nitrogens with zero attached hydrogens (tertiary/aromatic N) is 2. The molecule has 0 radical (unpaired) electrons. The minimum absolute atomic E-state index is 0.0952. The number of hydrogen-bond donors (Lipinski definition) is 1. The molecule has 3 rings (SSSR count). The van der Waals surface area contributed by atoms with Crippen LogP contribution in [0.5, 0.6) is 0 Å². The van der Waals surface area contributed by atoms with Crippen molar-refractivity contribution < 1.29 is 27.5 Å². The second kappa shape index (κ2) is 10.7. The van der Waals surface area contributed by atoms with E-state index in [-0.39, 0.29) is 23.0 Å². The first kappa shape index (κ1) is 23.9. The van der Waals surface area contributed by atoms with Crippen molar-refractivity contribution in [3.8, 4) is 0 Å². The fraction of sp³-hybridized carbons (Fsp3) is 0.500. The van der Waals surface area contributed by atoms with Gasteiger partial charge in [0.1, 0.15) is 5.69 Å². The molecule has 1 amide bonds. The molecule has 32 heavy (non-hydrogen) atoms. The van der Waals surface area contributed by atoms with Crippen molar-refractivity contribution in [1.82, 2.24) is 15.1 Å². The lowest BCUT2D eigenvalue weighted by atomic mass is 10.0. The monoisotopic (exact) mass is 463 g/mol. The van der Waals surface area contributed by atoms with Gasteiger partial charge in [0.05, 0.1) is 22.8 Å². The molecule has 1 aromatic carbocycles. The Hall–Kier alpha value is -2.72. The summed E-state index contributed by atoms with van der Waals surface area (Å²) in [7, 11) is -3.33. The summed E-state index contributed by atoms with van der Waals surface area (Å²) in [5, 5.41) is 7.52. The van der Waals surface area contributed by atoms with Crippen LogP contribution in [0.25, 0.3) is 0 Å². The first-order valence-corrected chi connectivity index (χ1v) is 12.6. The number of aryl methyl sites for hydroxylation is 1. The third-order valence-electron chi connectivity index (χ3n) is 5.20. The van der Waals surface area contributed by atoms with Crippen molar-refractivity contribution in [2.75, 3.05) is 32.6 Å². The van der Waals surface area contributed by atoms with Gasteiger partial charge >= 0.3 is 5.97 Å². The van der Waals surface area contributed by atoms with Gasteiger partial charge in [-0.2, -0.15) is 5.10 Å². The van der Waals surface area contributed by atoms with Gasteiger partial charge in [-0.3, -0.25) is 9.48 Å². The zero-order valence-corrected chi connectivity index (χ0v) is 19.2. The van der Waals surface area contributed by atoms with Crippen LogP contribution >= 0.6 is 0 Å². The van der Waals surface area contributed by atoms with Crippen LogP contribution in [-0.4, -0.2) is 62.7 Å². The van der Waals surface area contributed by atoms with Crippen LogP contribution < -0.4 is 5.32 Å². The topological polar surface area (TPSA) is 117 Å². The zero-order valence-electron chi connectivity index (χ0n) is 18.4. The molecule has 0 bridgehead atoms. The Bertz CT molecular complexity index is 1060. The van der Waals surface area contributed by atoms with Gasteiger partial charge in [-0.15, -0.1) is 0 Å². The Kier molecular flexibility index (Phi) is 8.03. The van der Waals surface area contributed by atoms with Crippen molar-refractivity contribution in [3.63, 3.8) is 0 Å². The summed E-state index contributed by atoms with van der Waals surface area (Å²) in [6, 6.07) is 5.62. The van der Waals surface area contributed by atoms with E-state index in [0.29, 0.717) is 44.8 Å². The van der Waals surface area contributed by atoms with E-state index >= 15 is 0 Å². The Morgan fingerprint density at radius 2 is 1.94 bits per heavy atom. The van der Waals surface area contributed by atoms with Crippen LogP contribution in [0.15, 0.2) is 29.2 Å². The van der Waals surface area contributed by atoms with Crippen LogP contribution in [-0.2, 0) is 38.7 Å². The second-order valence-electron chi connectivity index (χ2n) is 7.60. The van der Waals surface area contributed by atoms with Gasteiger partial charge < -0.3 is 14.8 Å². The second-order valence-corrected chi connectivity index (χ2v) is 9.61. The summed E-state index contributed by atoms with van der Waals surface area (Å²) < 4.78 is 35.8. The molecule has 174 valence electrons. The molecule has 1 aromatic heterocycles. The van der Waals surface area contributed by atoms with E-state index < -0.39 is 15.8 Å². The molecule has 2 aromatic rings. The molecule has 9 nitrogen and oxygen atoms in total. The van der Waals surface area contributed by atoms with Crippen molar-refractivity contribution in [3.05, 3.63) is 46.8 Å². The fourth-order valence-corrected chi connectivity index (χ4v) is 4.20. The number of ether oxygens (including phenoxy) is 2. The van der Waals surface area contributed by atoms with E-state index in [1.807, 2.05) is 6.92 Å². The number of esters is 1. The van der Waals surface area contributed by atoms with Gasteiger partial charge in [0, 0.05) is 44.5 Å². The van der Waals surface area contributed by atoms with E-state index in [1.165, 1.54) is 24.3 Å². The Morgan fingerprint density at radius 3 is 2.62 bits per heavy atom. The van der Waals surface area contributed by atoms with Gasteiger partial charge in [-0.1, -0.05) is 0 Å². The molecule has 0 fully saturated rings. The number of benzene rings is 1. The lowest BCUT2D eigenvalue weighted by molar-refractivity contribution is 0.0507. The van der Waals surface area contributed by atoms with Crippen molar-refractivity contribution in [2.24, 2.45) is 0 Å². The highest BCUT2D eigenvalue weighted by Crippen LogP contribution is 2.19. The first-order chi connectivity index (χ1) is 15.3. The number of aromatic nitrogens is 2. The number of nitrogens with one attached hydrogen (secondary N) is 1. The Labute approximate surface area is 188 Å². The highest BCUT2D eigenvalue weighted by Gasteiger charge is 2.23. The SMILES string of the molecule is CCn1nc(CCOC(=O)c2ccc(S(C)(=O)=O)cc2)c2c1C(=O)NCCCOCCC2. The maximum absolute atomic E-state index is 12.8. The molecule has 0 spiro atoms. The molecule has 0 atom stereocenters. The van der Waals surface area contributed by atoms with E-state index in [1.54, 1.807) is 4.68 Å². The number of sulfone groups is 1. The van der Waals surface area contributed by atoms with Crippen LogP contribution in [0.3, 0.4) is 0 Å². The van der Waals surface area contributed by atoms with Crippen molar-refractivity contribution >= 4 is 21.7 Å². The van der Waals surface area contributed by atoms with Gasteiger partial charge in [0.25, 0.3) is 5.91 Å². The molecule has 0 saturated carbocycles. The van der Waals surface area contributed by atoms with Crippen LogP contribution in [0.2, 0.25) is 0 Å². The summed E-state index contributed by atoms with van der Waals surface area (Å²) in [4.78, 5) is 25.2. The van der Waals surface area contributed by atoms with E-state index in [9.17, 15) is 18.0 Å². The number of fused-ring (bicyclic) bond motifs is 1. The highest BCUT2D eigenvalue weighted by molar-refractivity contribution is 7.90. The minimum Gasteiger partial charge on any atom is -0.462 e. The van der Waals surface area contributed by atoms with Crippen LogP contribution in [0.4, 0.5) is 0 Å². The van der Waals surface area contributed by atoms with E-state index in [2.05, 4.69) is 10.4 Å². The van der Waals surface area contributed by atoms with Crippen LogP contribution in [0.1, 0.15) is 51.9 Å². The molecule has 1 N–H and O–H groups in total. The van der Waals surface area contributed by atoms with Gasteiger partial charge in [-0.05, 0) is 50.5 Å². The van der Waals surface area contributed by atoms with E-state index in [4.69, 9.17) is 9.47 Å². The van der Waals surface area contributed by atoms with E-state index in [0.717, 1.165) is 30.4 Å². The van der Waals surface area contributed by atoms with Gasteiger partial charge in [-0.25, -0.2) is 13.2 Å². The number of carbonyl (C=O) groups is 2. The predicted molar refractivity (Wildman–Crippen MR) is 118 cm³/mol. The lowest BCUT2D eigenvalue weighted by Crippen LogP contribution is -2.28. The maximum Gasteiger partial charge on any atom is 0.338 e. The molecular weight excluding hydrogens is 434 g/mol. The van der Waals surface area contributed by atoms with Crippen molar-refractivity contribution in [1.29, 1.82) is 0 Å². The molecule has 0 saturated heterocycles. The smallest absolute Gasteiger partial charge is 0.338 e. The predicted octanol–water partition coefficient (Wildman–Crippen LogP) is 1.79. The molecule has 10 heteroatoms. The molecule has 0 aliphatic carbocycles. The minimum atomic E-state index is -3.33. The highest BCUT2D eigenvalue weighted by atomic mass is 32.2. The van der Waals surface area contributed by atoms with Gasteiger partial charge in [0.15, 0.2) is 9.84 Å². The van der Waals surface area contributed by atoms with Crippen LogP contribution in [0, 0.1) is 0 Å². The summed E-state index contributed by atoms with van der Waals surface area (Å²) in [5.74, 6) is -0.691. The molecule has 1 aliphatic rings. The number of rotatable bonds is 6. The quantitative estimate of drug-likeness (QED) is 0.649. The number of carbonyl (C=O) groups excluding carboxylic acids is 2. The average Bonchev–Trinajstić information content (AvgIpc) is 3.10. The summed E-state index contributed by atoms with van der Waals surface area (Å²) in [5.41, 5.74) is 2.43. The van der Waals surface area contributed by atoms with Gasteiger partial charge in [0.2, 0.25) is 0 Å². The molecular formula is C22H29N3O6S. The number of amides is 1. The fourth-order valence-electron chi connectivity index (χ4n) is 3.57. The lowest BCUT2D eigenvalue weighted by Gasteiger charge is -2.08. The van der Waals surface area contributed by atoms with Crippen molar-refractivity contribution in [2.45, 2.75) is 44.0 Å². The Balaban J connectivity index is 1.70. The summed E-state index contributed by atoms with van der Waals surface area (Å²) in [6.45, 7) is 4.35. The normalized spacial score (nSPS) is 15.4. The zero-order chi connectivity index (χ0) is 23.1. The third kappa shape index (κ3) is 5.95. The Morgan fingerprint density at radius 1 is 1.22 bits per heavy atom. The number of hydrogen-bond acceptors (Lipinski definition) is 7. The molecule has 1 aliphatic heterocycles. The molecule has 0 unspecified atom stereocenters. The maximum atomic E-state index is 12.8. The first-order valence-electron chi connectivity index (χ1n) is 10.7. The standard InChI is InChI=1S/C22H29N3O6S/c1-3-25-20-18(6-4-13-30-14-5-12-23-21(20)26)19(24-25)11-15-31-22(27)16-7-9-17(10-8-16)32(2,28)29/h7-10H,3-6,11-15H2,1-2H3,(H,23,26). The largest absolute Gasteiger partial charge is 0.462 e. The summed E-state index contributed by atoms with van der Waals surface area (Å²) >= 11 is 0. The summed E-state index contributed by atoms with van der Waals surface area (Å²) in [6.07, 6.45) is 3.67.